The highest BCUT2D eigenvalue weighted by atomic mass is 79.9. The number of ketones is 1. The van der Waals surface area contributed by atoms with Crippen molar-refractivity contribution in [1.82, 2.24) is 9.88 Å². The van der Waals surface area contributed by atoms with Crippen molar-refractivity contribution in [2.24, 2.45) is 0 Å². The van der Waals surface area contributed by atoms with Crippen LogP contribution >= 0.6 is 23.3 Å². The molecule has 5 nitrogen and oxygen atoms in total. The Balaban J connectivity index is 1.80. The number of rotatable bonds is 5. The van der Waals surface area contributed by atoms with Gasteiger partial charge in [0.05, 0.1) is 11.1 Å². The molecule has 0 fully saturated rings. The van der Waals surface area contributed by atoms with Gasteiger partial charge < -0.3 is 0 Å². The van der Waals surface area contributed by atoms with Crippen LogP contribution in [0, 0.1) is 0 Å². The van der Waals surface area contributed by atoms with Crippen molar-refractivity contribution in [3.63, 3.8) is 0 Å². The largest absolute Gasteiger partial charge is 0.299 e. The van der Waals surface area contributed by atoms with E-state index in [1.54, 1.807) is 12.1 Å². The number of halogens is 1. The second-order valence-corrected chi connectivity index (χ2v) is 14.5. The van der Waals surface area contributed by atoms with Gasteiger partial charge in [0, 0.05) is 24.1 Å². The monoisotopic (exact) mass is 408 g/mol. The van der Waals surface area contributed by atoms with E-state index in [0.29, 0.717) is 16.8 Å². The summed E-state index contributed by atoms with van der Waals surface area (Å²) in [5.74, 6) is -0.315. The molecule has 2 amide bonds. The number of para-hydroxylation sites is 1. The fraction of sp³-hybridized carbons (Fsp3) is 0.294. The Morgan fingerprint density at radius 2 is 1.92 bits per heavy atom. The SMILES string of the molecule is CS(C)(Br)CC(=O)CCN1C(=O)c2cc3ccccc3nc2C1=O. The highest BCUT2D eigenvalue weighted by Crippen LogP contribution is 2.47. The minimum Gasteiger partial charge on any atom is -0.299 e. The molecule has 2 aromatic rings. The first-order valence-corrected chi connectivity index (χ1v) is 11.9. The van der Waals surface area contributed by atoms with E-state index in [0.717, 1.165) is 10.3 Å². The van der Waals surface area contributed by atoms with Gasteiger partial charge in [0.25, 0.3) is 11.8 Å². The van der Waals surface area contributed by atoms with Gasteiger partial charge in [0.15, 0.2) is 0 Å². The molecule has 0 radical (unpaired) electrons. The molecule has 126 valence electrons. The minimum atomic E-state index is -1.11. The summed E-state index contributed by atoms with van der Waals surface area (Å²) in [6, 6.07) is 9.06. The zero-order valence-corrected chi connectivity index (χ0v) is 15.8. The molecule has 1 aliphatic heterocycles. The van der Waals surface area contributed by atoms with Crippen LogP contribution < -0.4 is 0 Å². The Morgan fingerprint density at radius 3 is 2.62 bits per heavy atom. The number of hydrogen-bond donors (Lipinski definition) is 0. The molecule has 3 rings (SSSR count). The first kappa shape index (κ1) is 17.1. The lowest BCUT2D eigenvalue weighted by Crippen LogP contribution is -2.32. The summed E-state index contributed by atoms with van der Waals surface area (Å²) in [6.45, 7) is 0.103. The highest BCUT2D eigenvalue weighted by molar-refractivity contribution is 9.58. The lowest BCUT2D eigenvalue weighted by Gasteiger charge is -2.21. The summed E-state index contributed by atoms with van der Waals surface area (Å²) in [4.78, 5) is 42.4. The van der Waals surface area contributed by atoms with Crippen LogP contribution in [0.3, 0.4) is 0 Å². The van der Waals surface area contributed by atoms with Gasteiger partial charge in [-0.3, -0.25) is 19.3 Å². The second kappa shape index (κ2) is 6.29. The quantitative estimate of drug-likeness (QED) is 0.712. The maximum absolute atomic E-state index is 12.5. The first-order valence-electron chi connectivity index (χ1n) is 7.44. The van der Waals surface area contributed by atoms with Gasteiger partial charge in [-0.2, -0.15) is 8.46 Å². The highest BCUT2D eigenvalue weighted by Gasteiger charge is 2.37. The molecule has 0 bridgehead atoms. The predicted octanol–water partition coefficient (Wildman–Crippen LogP) is 3.16. The Kier molecular flexibility index (Phi) is 4.48. The molecule has 2 heterocycles. The summed E-state index contributed by atoms with van der Waals surface area (Å²) in [5, 5.41) is 0.819. The molecule has 0 saturated heterocycles. The van der Waals surface area contributed by atoms with E-state index in [2.05, 4.69) is 19.8 Å². The number of nitrogens with zero attached hydrogens (tertiary/aromatic N) is 2. The van der Waals surface area contributed by atoms with E-state index in [1.807, 2.05) is 30.7 Å². The predicted molar refractivity (Wildman–Crippen MR) is 100.0 cm³/mol. The molecule has 1 aromatic carbocycles. The second-order valence-electron chi connectivity index (χ2n) is 6.18. The van der Waals surface area contributed by atoms with Crippen LogP contribution in [-0.2, 0) is 4.79 Å². The molecular weight excluding hydrogens is 392 g/mol. The Hall–Kier alpha value is -1.73. The smallest absolute Gasteiger partial charge is 0.280 e. The minimum absolute atomic E-state index is 0.0431. The van der Waals surface area contributed by atoms with E-state index in [1.165, 1.54) is 0 Å². The van der Waals surface area contributed by atoms with E-state index in [4.69, 9.17) is 0 Å². The first-order chi connectivity index (χ1) is 11.3. The van der Waals surface area contributed by atoms with Gasteiger partial charge in [-0.25, -0.2) is 4.98 Å². The van der Waals surface area contributed by atoms with Crippen LogP contribution in [0.4, 0.5) is 0 Å². The molecule has 0 atom stereocenters. The van der Waals surface area contributed by atoms with Crippen LogP contribution in [-0.4, -0.2) is 52.3 Å². The van der Waals surface area contributed by atoms with Crippen LogP contribution in [0.1, 0.15) is 27.3 Å². The van der Waals surface area contributed by atoms with Gasteiger partial charge in [0.1, 0.15) is 11.5 Å². The number of fused-ring (bicyclic) bond motifs is 2. The topological polar surface area (TPSA) is 67.3 Å². The normalized spacial score (nSPS) is 15.0. The van der Waals surface area contributed by atoms with Crippen LogP contribution in [0.2, 0.25) is 0 Å². The van der Waals surface area contributed by atoms with Crippen molar-refractivity contribution >= 4 is 51.8 Å². The molecule has 0 N–H and O–H groups in total. The lowest BCUT2D eigenvalue weighted by atomic mass is 10.1. The molecule has 1 aliphatic rings. The maximum Gasteiger partial charge on any atom is 0.280 e. The van der Waals surface area contributed by atoms with E-state index in [-0.39, 0.29) is 30.3 Å². The van der Waals surface area contributed by atoms with Crippen LogP contribution in [0.5, 0.6) is 0 Å². The number of carbonyl (C=O) groups is 3. The average molecular weight is 409 g/mol. The third kappa shape index (κ3) is 3.37. The zero-order valence-electron chi connectivity index (χ0n) is 13.4. The molecule has 0 spiro atoms. The van der Waals surface area contributed by atoms with Crippen molar-refractivity contribution in [3.8, 4) is 0 Å². The third-order valence-corrected chi connectivity index (χ3v) is 5.46. The lowest BCUT2D eigenvalue weighted by molar-refractivity contribution is -0.116. The summed E-state index contributed by atoms with van der Waals surface area (Å²) in [5.41, 5.74) is 1.18. The van der Waals surface area contributed by atoms with Crippen molar-refractivity contribution in [2.75, 3.05) is 24.8 Å². The summed E-state index contributed by atoms with van der Waals surface area (Å²) < 4.78 is 0. The number of Topliss-reactive ketones (excluding diaryl/α,β-unsaturated/α-hetero) is 1. The van der Waals surface area contributed by atoms with Crippen molar-refractivity contribution in [1.29, 1.82) is 0 Å². The van der Waals surface area contributed by atoms with E-state index < -0.39 is 14.4 Å². The zero-order chi connectivity index (χ0) is 17.5. The fourth-order valence-electron chi connectivity index (χ4n) is 2.70. The number of imide groups is 1. The summed E-state index contributed by atoms with van der Waals surface area (Å²) >= 11 is 3.51. The number of carbonyl (C=O) groups excluding carboxylic acids is 3. The molecular formula is C17H17BrN2O3S. The Bertz CT molecular complexity index is 806. The van der Waals surface area contributed by atoms with Crippen molar-refractivity contribution in [3.05, 3.63) is 41.6 Å². The van der Waals surface area contributed by atoms with Gasteiger partial charge in [0.2, 0.25) is 0 Å². The number of benzene rings is 1. The van der Waals surface area contributed by atoms with E-state index >= 15 is 0 Å². The van der Waals surface area contributed by atoms with Crippen molar-refractivity contribution < 1.29 is 14.4 Å². The van der Waals surface area contributed by atoms with Crippen LogP contribution in [0.25, 0.3) is 10.9 Å². The van der Waals surface area contributed by atoms with Gasteiger partial charge in [-0.15, -0.1) is 0 Å². The van der Waals surface area contributed by atoms with Crippen molar-refractivity contribution in [2.45, 2.75) is 6.42 Å². The summed E-state index contributed by atoms with van der Waals surface area (Å²) in [7, 11) is -1.11. The molecule has 24 heavy (non-hydrogen) atoms. The average Bonchev–Trinajstić information content (AvgIpc) is 2.73. The third-order valence-electron chi connectivity index (χ3n) is 3.77. The van der Waals surface area contributed by atoms with Gasteiger partial charge in [-0.05, 0) is 39.5 Å². The van der Waals surface area contributed by atoms with Gasteiger partial charge >= 0.3 is 0 Å². The molecule has 1 aromatic heterocycles. The summed E-state index contributed by atoms with van der Waals surface area (Å²) in [6.07, 6.45) is 4.15. The maximum atomic E-state index is 12.5. The molecule has 7 heteroatoms. The van der Waals surface area contributed by atoms with Crippen LogP contribution in [0.15, 0.2) is 30.3 Å². The molecule has 0 saturated carbocycles. The number of amides is 2. The fourth-order valence-corrected chi connectivity index (χ4v) is 4.38. The standard InChI is InChI=1S/C17H17BrN2O3S/c1-24(2,18)10-12(21)7-8-20-16(22)13-9-11-5-3-4-6-14(11)19-15(13)17(20)23/h3-6,9H,7-8,10H2,1-2H3. The number of aromatic nitrogens is 1. The molecule has 0 aliphatic carbocycles. The number of hydrogen-bond acceptors (Lipinski definition) is 4. The Morgan fingerprint density at radius 1 is 1.21 bits per heavy atom. The number of pyridine rings is 1. The van der Waals surface area contributed by atoms with E-state index in [9.17, 15) is 14.4 Å². The molecule has 0 unspecified atom stereocenters. The van der Waals surface area contributed by atoms with Gasteiger partial charge in [-0.1, -0.05) is 18.2 Å². The Labute approximate surface area is 148 Å².